The van der Waals surface area contributed by atoms with Crippen molar-refractivity contribution >= 4 is 29.9 Å². The van der Waals surface area contributed by atoms with Gasteiger partial charge >= 0.3 is 0 Å². The fraction of sp³-hybridized carbons (Fsp3) is 0.632. The highest BCUT2D eigenvalue weighted by Gasteiger charge is 2.46. The summed E-state index contributed by atoms with van der Waals surface area (Å²) < 4.78 is 0. The molecule has 1 saturated heterocycles. The van der Waals surface area contributed by atoms with Gasteiger partial charge in [-0.25, -0.2) is 0 Å². The first-order valence-corrected chi connectivity index (χ1v) is 9.08. The molecule has 1 unspecified atom stereocenters. The van der Waals surface area contributed by atoms with E-state index in [1.807, 2.05) is 18.2 Å². The Morgan fingerprint density at radius 2 is 2.00 bits per heavy atom. The molecule has 1 aromatic carbocycles. The predicted octanol–water partition coefficient (Wildman–Crippen LogP) is 4.06. The maximum Gasteiger partial charge on any atom is 0.229 e. The largest absolute Gasteiger partial charge is 0.342 e. The number of hydrogen-bond acceptors (Lipinski definition) is 2. The Kier molecular flexibility index (Phi) is 6.22. The van der Waals surface area contributed by atoms with Crippen molar-refractivity contribution in [1.29, 1.82) is 0 Å². The molecule has 1 atom stereocenters. The molecule has 1 aliphatic heterocycles. The van der Waals surface area contributed by atoms with Gasteiger partial charge in [0.1, 0.15) is 0 Å². The first kappa shape index (κ1) is 19.6. The number of rotatable bonds is 4. The molecule has 1 aromatic rings. The van der Waals surface area contributed by atoms with Crippen LogP contribution in [0.1, 0.15) is 44.6 Å². The SMILES string of the molecule is CC1(CN)CCN(C(=O)C2(Cc3cccc(Cl)c3)CCCC2)C1.Cl. The zero-order valence-corrected chi connectivity index (χ0v) is 16.0. The number of benzene rings is 1. The zero-order chi connectivity index (χ0) is 16.5. The van der Waals surface area contributed by atoms with Gasteiger partial charge in [0.05, 0.1) is 5.41 Å². The third kappa shape index (κ3) is 3.89. The number of nitrogens with zero attached hydrogens (tertiary/aromatic N) is 1. The predicted molar refractivity (Wildman–Crippen MR) is 102 cm³/mol. The van der Waals surface area contributed by atoms with Crippen LogP contribution >= 0.6 is 24.0 Å². The molecule has 3 nitrogen and oxygen atoms in total. The summed E-state index contributed by atoms with van der Waals surface area (Å²) in [6, 6.07) is 7.96. The van der Waals surface area contributed by atoms with Crippen molar-refractivity contribution in [2.75, 3.05) is 19.6 Å². The van der Waals surface area contributed by atoms with Crippen molar-refractivity contribution in [3.63, 3.8) is 0 Å². The average molecular weight is 371 g/mol. The molecule has 1 heterocycles. The van der Waals surface area contributed by atoms with Crippen LogP contribution in [-0.4, -0.2) is 30.4 Å². The summed E-state index contributed by atoms with van der Waals surface area (Å²) in [5.41, 5.74) is 6.94. The third-order valence-electron chi connectivity index (χ3n) is 5.78. The third-order valence-corrected chi connectivity index (χ3v) is 6.02. The number of likely N-dealkylation sites (tertiary alicyclic amines) is 1. The second kappa shape index (κ2) is 7.63. The van der Waals surface area contributed by atoms with E-state index in [0.717, 1.165) is 56.6 Å². The minimum atomic E-state index is -0.232. The highest BCUT2D eigenvalue weighted by molar-refractivity contribution is 6.30. The molecule has 1 amide bonds. The summed E-state index contributed by atoms with van der Waals surface area (Å²) in [5, 5.41) is 0.750. The molecule has 3 rings (SSSR count). The van der Waals surface area contributed by atoms with Gasteiger partial charge in [-0.1, -0.05) is 43.5 Å². The Hall–Kier alpha value is -0.770. The summed E-state index contributed by atoms with van der Waals surface area (Å²) in [6.07, 6.45) is 6.11. The number of carbonyl (C=O) groups is 1. The molecule has 1 saturated carbocycles. The molecule has 5 heteroatoms. The molecule has 1 aliphatic carbocycles. The van der Waals surface area contributed by atoms with Crippen LogP contribution in [0.4, 0.5) is 0 Å². The highest BCUT2D eigenvalue weighted by Crippen LogP contribution is 2.44. The van der Waals surface area contributed by atoms with E-state index in [4.69, 9.17) is 17.3 Å². The topological polar surface area (TPSA) is 46.3 Å². The number of amides is 1. The fourth-order valence-corrected chi connectivity index (χ4v) is 4.47. The van der Waals surface area contributed by atoms with E-state index >= 15 is 0 Å². The van der Waals surface area contributed by atoms with Crippen LogP contribution in [0.3, 0.4) is 0 Å². The minimum Gasteiger partial charge on any atom is -0.342 e. The minimum absolute atomic E-state index is 0. The quantitative estimate of drug-likeness (QED) is 0.868. The molecule has 2 N–H and O–H groups in total. The zero-order valence-electron chi connectivity index (χ0n) is 14.4. The van der Waals surface area contributed by atoms with Gasteiger partial charge in [0, 0.05) is 18.1 Å². The van der Waals surface area contributed by atoms with Crippen molar-refractivity contribution in [1.82, 2.24) is 4.90 Å². The lowest BCUT2D eigenvalue weighted by Gasteiger charge is -2.33. The first-order valence-electron chi connectivity index (χ1n) is 8.70. The second-order valence-electron chi connectivity index (χ2n) is 7.79. The molecular weight excluding hydrogens is 343 g/mol. The van der Waals surface area contributed by atoms with Crippen LogP contribution in [0.5, 0.6) is 0 Å². The lowest BCUT2D eigenvalue weighted by atomic mass is 9.78. The van der Waals surface area contributed by atoms with Gasteiger partial charge < -0.3 is 10.6 Å². The van der Waals surface area contributed by atoms with E-state index in [9.17, 15) is 4.79 Å². The summed E-state index contributed by atoms with van der Waals surface area (Å²) in [6.45, 7) is 4.50. The Bertz CT molecular complexity index is 586. The second-order valence-corrected chi connectivity index (χ2v) is 8.22. The van der Waals surface area contributed by atoms with Crippen LogP contribution in [0.15, 0.2) is 24.3 Å². The highest BCUT2D eigenvalue weighted by atomic mass is 35.5. The molecule has 0 bridgehead atoms. The first-order chi connectivity index (χ1) is 11.0. The van der Waals surface area contributed by atoms with Crippen molar-refractivity contribution < 1.29 is 4.79 Å². The molecule has 2 aliphatic rings. The van der Waals surface area contributed by atoms with Crippen LogP contribution in [0.25, 0.3) is 0 Å². The van der Waals surface area contributed by atoms with E-state index in [2.05, 4.69) is 17.9 Å². The lowest BCUT2D eigenvalue weighted by molar-refractivity contribution is -0.141. The molecule has 24 heavy (non-hydrogen) atoms. The Balaban J connectivity index is 0.00000208. The van der Waals surface area contributed by atoms with Gasteiger partial charge in [-0.05, 0) is 55.3 Å². The molecule has 0 aromatic heterocycles. The normalized spacial score (nSPS) is 25.5. The maximum atomic E-state index is 13.3. The maximum absolute atomic E-state index is 13.3. The number of carbonyl (C=O) groups excluding carboxylic acids is 1. The van der Waals surface area contributed by atoms with E-state index in [1.54, 1.807) is 0 Å². The lowest BCUT2D eigenvalue weighted by Crippen LogP contribution is -2.44. The average Bonchev–Trinajstić information content (AvgIpc) is 3.15. The Morgan fingerprint density at radius 3 is 2.58 bits per heavy atom. The number of halogens is 2. The molecule has 2 fully saturated rings. The van der Waals surface area contributed by atoms with E-state index in [-0.39, 0.29) is 23.2 Å². The van der Waals surface area contributed by atoms with Gasteiger partial charge in [0.2, 0.25) is 5.91 Å². The smallest absolute Gasteiger partial charge is 0.229 e. The molecule has 134 valence electrons. The van der Waals surface area contributed by atoms with Crippen LogP contribution in [-0.2, 0) is 11.2 Å². The summed E-state index contributed by atoms with van der Waals surface area (Å²) in [4.78, 5) is 15.4. The Labute approximate surface area is 156 Å². The van der Waals surface area contributed by atoms with Gasteiger partial charge in [-0.3, -0.25) is 4.79 Å². The fourth-order valence-electron chi connectivity index (χ4n) is 4.25. The van der Waals surface area contributed by atoms with E-state index in [0.29, 0.717) is 12.5 Å². The van der Waals surface area contributed by atoms with Crippen molar-refractivity contribution in [2.45, 2.75) is 45.4 Å². The Morgan fingerprint density at radius 1 is 1.29 bits per heavy atom. The van der Waals surface area contributed by atoms with Crippen molar-refractivity contribution in [3.8, 4) is 0 Å². The van der Waals surface area contributed by atoms with E-state index in [1.165, 1.54) is 5.56 Å². The molecule has 0 spiro atoms. The number of nitrogens with two attached hydrogens (primary N) is 1. The molecular formula is C19H28Cl2N2O. The van der Waals surface area contributed by atoms with Gasteiger partial charge in [0.15, 0.2) is 0 Å². The summed E-state index contributed by atoms with van der Waals surface area (Å²) in [7, 11) is 0. The van der Waals surface area contributed by atoms with Gasteiger partial charge in [0.25, 0.3) is 0 Å². The van der Waals surface area contributed by atoms with E-state index < -0.39 is 0 Å². The van der Waals surface area contributed by atoms with Gasteiger partial charge in [-0.2, -0.15) is 0 Å². The molecule has 0 radical (unpaired) electrons. The van der Waals surface area contributed by atoms with Gasteiger partial charge in [-0.15, -0.1) is 12.4 Å². The van der Waals surface area contributed by atoms with Crippen LogP contribution in [0.2, 0.25) is 5.02 Å². The number of hydrogen-bond donors (Lipinski definition) is 1. The van der Waals surface area contributed by atoms with Crippen LogP contribution in [0, 0.1) is 10.8 Å². The standard InChI is InChI=1S/C19H27ClN2O.ClH/c1-18(13-21)9-10-22(14-18)17(23)19(7-2-3-8-19)12-15-5-4-6-16(20)11-15;/h4-6,11H,2-3,7-10,12-14,21H2,1H3;1H. The van der Waals surface area contributed by atoms with Crippen LogP contribution < -0.4 is 5.73 Å². The monoisotopic (exact) mass is 370 g/mol. The summed E-state index contributed by atoms with van der Waals surface area (Å²) >= 11 is 6.13. The summed E-state index contributed by atoms with van der Waals surface area (Å²) in [5.74, 6) is 0.340. The van der Waals surface area contributed by atoms with Crippen molar-refractivity contribution in [3.05, 3.63) is 34.9 Å². The van der Waals surface area contributed by atoms with Crippen molar-refractivity contribution in [2.24, 2.45) is 16.6 Å².